The first-order valence-corrected chi connectivity index (χ1v) is 7.93. The van der Waals surface area contributed by atoms with Crippen molar-refractivity contribution in [2.75, 3.05) is 32.1 Å². The normalized spacial score (nSPS) is 18.2. The minimum Gasteiger partial charge on any atom is -0.469 e. The van der Waals surface area contributed by atoms with E-state index in [1.54, 1.807) is 17.0 Å². The summed E-state index contributed by atoms with van der Waals surface area (Å²) < 4.78 is 5.53. The summed E-state index contributed by atoms with van der Waals surface area (Å²) in [4.78, 5) is 37.2. The van der Waals surface area contributed by atoms with Crippen LogP contribution in [0.15, 0.2) is 28.7 Å². The van der Waals surface area contributed by atoms with E-state index < -0.39 is 12.0 Å². The number of rotatable bonds is 5. The molecule has 1 aliphatic heterocycles. The molecule has 1 aromatic carbocycles. The minimum absolute atomic E-state index is 0.0329. The molecule has 2 amide bonds. The molecule has 124 valence electrons. The summed E-state index contributed by atoms with van der Waals surface area (Å²) in [7, 11) is 1.27. The SMILES string of the molecule is COC(=O)C[C@@H]1C(=O)NCCN1CC(=O)Nc1ccc(Br)cc1. The molecule has 8 heteroatoms. The fourth-order valence-electron chi connectivity index (χ4n) is 2.33. The van der Waals surface area contributed by atoms with Gasteiger partial charge < -0.3 is 15.4 Å². The Bertz CT molecular complexity index is 591. The third-order valence-electron chi connectivity index (χ3n) is 3.50. The van der Waals surface area contributed by atoms with Gasteiger partial charge in [0.2, 0.25) is 11.8 Å². The van der Waals surface area contributed by atoms with E-state index in [1.807, 2.05) is 12.1 Å². The number of hydrogen-bond acceptors (Lipinski definition) is 5. The molecule has 2 N–H and O–H groups in total. The van der Waals surface area contributed by atoms with E-state index in [0.29, 0.717) is 18.8 Å². The third-order valence-corrected chi connectivity index (χ3v) is 4.03. The standard InChI is InChI=1S/C15H18BrN3O4/c1-23-14(21)8-12-15(22)17-6-7-19(12)9-13(20)18-11-4-2-10(16)3-5-11/h2-5,12H,6-9H2,1H3,(H,17,22)(H,18,20)/t12-/m1/s1. The van der Waals surface area contributed by atoms with Crippen LogP contribution in [-0.4, -0.2) is 55.5 Å². The summed E-state index contributed by atoms with van der Waals surface area (Å²) in [6.07, 6.45) is -0.0755. The van der Waals surface area contributed by atoms with Gasteiger partial charge in [-0.1, -0.05) is 15.9 Å². The predicted octanol–water partition coefficient (Wildman–Crippen LogP) is 0.751. The van der Waals surface area contributed by atoms with E-state index in [4.69, 9.17) is 0 Å². The monoisotopic (exact) mass is 383 g/mol. The largest absolute Gasteiger partial charge is 0.469 e. The molecule has 1 saturated heterocycles. The van der Waals surface area contributed by atoms with Crippen molar-refractivity contribution in [1.29, 1.82) is 0 Å². The Morgan fingerprint density at radius 2 is 2.09 bits per heavy atom. The molecule has 2 rings (SSSR count). The lowest BCUT2D eigenvalue weighted by atomic mass is 10.1. The number of nitrogens with zero attached hydrogens (tertiary/aromatic N) is 1. The van der Waals surface area contributed by atoms with E-state index in [0.717, 1.165) is 4.47 Å². The van der Waals surface area contributed by atoms with Gasteiger partial charge in [0.1, 0.15) is 6.04 Å². The van der Waals surface area contributed by atoms with Gasteiger partial charge in [0.25, 0.3) is 0 Å². The maximum Gasteiger partial charge on any atom is 0.307 e. The van der Waals surface area contributed by atoms with Crippen LogP contribution < -0.4 is 10.6 Å². The number of ether oxygens (including phenoxy) is 1. The van der Waals surface area contributed by atoms with Crippen LogP contribution >= 0.6 is 15.9 Å². The highest BCUT2D eigenvalue weighted by Gasteiger charge is 2.32. The van der Waals surface area contributed by atoms with Gasteiger partial charge in [-0.15, -0.1) is 0 Å². The number of methoxy groups -OCH3 is 1. The molecule has 7 nitrogen and oxygen atoms in total. The lowest BCUT2D eigenvalue weighted by Crippen LogP contribution is -2.57. The number of carbonyl (C=O) groups excluding carboxylic acids is 3. The Kier molecular flexibility index (Phi) is 6.12. The summed E-state index contributed by atoms with van der Waals surface area (Å²) in [6.45, 7) is 0.981. The van der Waals surface area contributed by atoms with Gasteiger partial charge >= 0.3 is 5.97 Å². The second kappa shape index (κ2) is 8.07. The van der Waals surface area contributed by atoms with Gasteiger partial charge in [-0.3, -0.25) is 19.3 Å². The van der Waals surface area contributed by atoms with Crippen molar-refractivity contribution in [2.45, 2.75) is 12.5 Å². The zero-order valence-corrected chi connectivity index (χ0v) is 14.3. The molecule has 0 spiro atoms. The fourth-order valence-corrected chi connectivity index (χ4v) is 2.60. The molecule has 1 heterocycles. The van der Waals surface area contributed by atoms with Crippen LogP contribution in [0.25, 0.3) is 0 Å². The molecule has 23 heavy (non-hydrogen) atoms. The number of piperazine rings is 1. The van der Waals surface area contributed by atoms with Gasteiger partial charge in [0.05, 0.1) is 20.1 Å². The average Bonchev–Trinajstić information content (AvgIpc) is 2.52. The molecule has 1 aromatic rings. The van der Waals surface area contributed by atoms with Crippen molar-refractivity contribution in [2.24, 2.45) is 0 Å². The van der Waals surface area contributed by atoms with Crippen LogP contribution in [0.5, 0.6) is 0 Å². The van der Waals surface area contributed by atoms with Crippen LogP contribution in [0.2, 0.25) is 0 Å². The van der Waals surface area contributed by atoms with Crippen molar-refractivity contribution in [3.05, 3.63) is 28.7 Å². The number of amides is 2. The molecule has 0 aromatic heterocycles. The Morgan fingerprint density at radius 3 is 2.74 bits per heavy atom. The van der Waals surface area contributed by atoms with Crippen LogP contribution in [0.1, 0.15) is 6.42 Å². The van der Waals surface area contributed by atoms with Crippen molar-refractivity contribution in [3.8, 4) is 0 Å². The van der Waals surface area contributed by atoms with Crippen LogP contribution in [-0.2, 0) is 19.1 Å². The first-order chi connectivity index (χ1) is 11.0. The number of nitrogens with one attached hydrogen (secondary N) is 2. The number of halogens is 1. The van der Waals surface area contributed by atoms with E-state index in [2.05, 4.69) is 31.3 Å². The quantitative estimate of drug-likeness (QED) is 0.732. The molecule has 1 fully saturated rings. The van der Waals surface area contributed by atoms with Crippen molar-refractivity contribution < 1.29 is 19.1 Å². The van der Waals surface area contributed by atoms with Gasteiger partial charge in [0, 0.05) is 23.2 Å². The van der Waals surface area contributed by atoms with E-state index >= 15 is 0 Å². The highest BCUT2D eigenvalue weighted by Crippen LogP contribution is 2.15. The lowest BCUT2D eigenvalue weighted by Gasteiger charge is -2.33. The minimum atomic E-state index is -0.688. The van der Waals surface area contributed by atoms with Gasteiger partial charge in [0.15, 0.2) is 0 Å². The van der Waals surface area contributed by atoms with Crippen LogP contribution in [0.3, 0.4) is 0 Å². The topological polar surface area (TPSA) is 87.7 Å². The maximum atomic E-state index is 12.2. The predicted molar refractivity (Wildman–Crippen MR) is 87.8 cm³/mol. The summed E-state index contributed by atoms with van der Waals surface area (Å²) in [5.74, 6) is -0.986. The molecule has 1 aliphatic rings. The molecule has 0 aliphatic carbocycles. The Hall–Kier alpha value is -1.93. The zero-order valence-electron chi connectivity index (χ0n) is 12.7. The molecule has 0 saturated carbocycles. The molecular formula is C15H18BrN3O4. The molecule has 1 atom stereocenters. The first kappa shape index (κ1) is 17.4. The second-order valence-corrected chi connectivity index (χ2v) is 6.03. The second-order valence-electron chi connectivity index (χ2n) is 5.11. The number of anilines is 1. The van der Waals surface area contributed by atoms with Gasteiger partial charge in [-0.25, -0.2) is 0 Å². The van der Waals surface area contributed by atoms with E-state index in [-0.39, 0.29) is 24.8 Å². The van der Waals surface area contributed by atoms with E-state index in [1.165, 1.54) is 7.11 Å². The Morgan fingerprint density at radius 1 is 1.39 bits per heavy atom. The van der Waals surface area contributed by atoms with Crippen LogP contribution in [0, 0.1) is 0 Å². The zero-order chi connectivity index (χ0) is 16.8. The molecule has 0 bridgehead atoms. The number of hydrogen-bond donors (Lipinski definition) is 2. The first-order valence-electron chi connectivity index (χ1n) is 7.13. The van der Waals surface area contributed by atoms with Gasteiger partial charge in [-0.2, -0.15) is 0 Å². The maximum absolute atomic E-state index is 12.2. The highest BCUT2D eigenvalue weighted by atomic mass is 79.9. The smallest absolute Gasteiger partial charge is 0.307 e. The summed E-state index contributed by atoms with van der Waals surface area (Å²) in [5, 5.41) is 5.47. The number of esters is 1. The number of carbonyl (C=O) groups is 3. The molecular weight excluding hydrogens is 366 g/mol. The molecule has 0 unspecified atom stereocenters. The Balaban J connectivity index is 1.97. The average molecular weight is 384 g/mol. The summed E-state index contributed by atoms with van der Waals surface area (Å²) in [6, 6.07) is 6.51. The summed E-state index contributed by atoms with van der Waals surface area (Å²) in [5.41, 5.74) is 0.671. The summed E-state index contributed by atoms with van der Waals surface area (Å²) >= 11 is 3.33. The lowest BCUT2D eigenvalue weighted by molar-refractivity contribution is -0.146. The van der Waals surface area contributed by atoms with Gasteiger partial charge in [-0.05, 0) is 24.3 Å². The highest BCUT2D eigenvalue weighted by molar-refractivity contribution is 9.10. The molecule has 0 radical (unpaired) electrons. The van der Waals surface area contributed by atoms with Crippen LogP contribution in [0.4, 0.5) is 5.69 Å². The van der Waals surface area contributed by atoms with Crippen molar-refractivity contribution in [1.82, 2.24) is 10.2 Å². The Labute approximate surface area is 142 Å². The fraction of sp³-hybridized carbons (Fsp3) is 0.400. The van der Waals surface area contributed by atoms with Crippen molar-refractivity contribution >= 4 is 39.4 Å². The third kappa shape index (κ3) is 5.04. The number of benzene rings is 1. The van der Waals surface area contributed by atoms with E-state index in [9.17, 15) is 14.4 Å². The van der Waals surface area contributed by atoms with Crippen molar-refractivity contribution in [3.63, 3.8) is 0 Å².